The SMILES string of the molecule is CCC=C(C)C(=O)N[C@H](C)C(=O)O. The Bertz CT molecular complexity index is 233. The molecule has 0 aromatic rings. The van der Waals surface area contributed by atoms with Gasteiger partial charge in [-0.1, -0.05) is 13.0 Å². The van der Waals surface area contributed by atoms with Crippen LogP contribution in [0.3, 0.4) is 0 Å². The molecule has 0 unspecified atom stereocenters. The van der Waals surface area contributed by atoms with Crippen LogP contribution >= 0.6 is 0 Å². The number of hydrogen-bond donors (Lipinski definition) is 2. The van der Waals surface area contributed by atoms with Crippen LogP contribution in [0.15, 0.2) is 11.6 Å². The molecule has 0 aromatic carbocycles. The first-order chi connectivity index (χ1) is 5.99. The van der Waals surface area contributed by atoms with E-state index >= 15 is 0 Å². The number of nitrogens with one attached hydrogen (secondary N) is 1. The van der Waals surface area contributed by atoms with E-state index in [0.29, 0.717) is 5.57 Å². The lowest BCUT2D eigenvalue weighted by Gasteiger charge is -2.08. The molecule has 0 saturated carbocycles. The van der Waals surface area contributed by atoms with E-state index in [1.807, 2.05) is 6.92 Å². The minimum atomic E-state index is -1.03. The maximum atomic E-state index is 11.2. The van der Waals surface area contributed by atoms with E-state index in [1.54, 1.807) is 13.0 Å². The van der Waals surface area contributed by atoms with Gasteiger partial charge in [0.25, 0.3) is 0 Å². The molecule has 0 aliphatic heterocycles. The van der Waals surface area contributed by atoms with E-state index in [-0.39, 0.29) is 5.91 Å². The summed E-state index contributed by atoms with van der Waals surface area (Å²) in [6.45, 7) is 5.00. The van der Waals surface area contributed by atoms with Gasteiger partial charge in [0.15, 0.2) is 0 Å². The number of hydrogen-bond acceptors (Lipinski definition) is 2. The molecule has 2 N–H and O–H groups in total. The lowest BCUT2D eigenvalue weighted by Crippen LogP contribution is -2.38. The molecule has 0 radical (unpaired) electrons. The van der Waals surface area contributed by atoms with Gasteiger partial charge in [-0.15, -0.1) is 0 Å². The van der Waals surface area contributed by atoms with Crippen LogP contribution in [-0.4, -0.2) is 23.0 Å². The van der Waals surface area contributed by atoms with Gasteiger partial charge in [-0.25, -0.2) is 0 Å². The summed E-state index contributed by atoms with van der Waals surface area (Å²) >= 11 is 0. The van der Waals surface area contributed by atoms with Crippen molar-refractivity contribution in [3.63, 3.8) is 0 Å². The zero-order valence-corrected chi connectivity index (χ0v) is 8.13. The summed E-state index contributed by atoms with van der Waals surface area (Å²) in [7, 11) is 0. The molecule has 0 spiro atoms. The molecular formula is C9H15NO3. The van der Waals surface area contributed by atoms with Crippen LogP contribution in [0.1, 0.15) is 27.2 Å². The van der Waals surface area contributed by atoms with E-state index in [0.717, 1.165) is 6.42 Å². The Morgan fingerprint density at radius 2 is 2.08 bits per heavy atom. The van der Waals surface area contributed by atoms with Crippen LogP contribution in [0, 0.1) is 0 Å². The monoisotopic (exact) mass is 185 g/mol. The summed E-state index contributed by atoms with van der Waals surface area (Å²) in [5, 5.41) is 10.9. The summed E-state index contributed by atoms with van der Waals surface area (Å²) in [5.41, 5.74) is 0.551. The topological polar surface area (TPSA) is 66.4 Å². The fraction of sp³-hybridized carbons (Fsp3) is 0.556. The summed E-state index contributed by atoms with van der Waals surface area (Å²) in [6, 6.07) is -0.840. The molecule has 0 heterocycles. The number of carboxylic acid groups (broad SMARTS) is 1. The van der Waals surface area contributed by atoms with Crippen molar-refractivity contribution >= 4 is 11.9 Å². The van der Waals surface area contributed by atoms with Gasteiger partial charge < -0.3 is 10.4 Å². The van der Waals surface area contributed by atoms with Crippen molar-refractivity contribution in [1.82, 2.24) is 5.32 Å². The molecule has 1 atom stereocenters. The second-order valence-electron chi connectivity index (χ2n) is 2.83. The fourth-order valence-corrected chi connectivity index (χ4v) is 0.771. The van der Waals surface area contributed by atoms with Gasteiger partial charge in [0, 0.05) is 5.57 Å². The van der Waals surface area contributed by atoms with Gasteiger partial charge in [0.2, 0.25) is 5.91 Å². The van der Waals surface area contributed by atoms with Crippen LogP contribution in [0.4, 0.5) is 0 Å². The average molecular weight is 185 g/mol. The van der Waals surface area contributed by atoms with Crippen molar-refractivity contribution < 1.29 is 14.7 Å². The predicted molar refractivity (Wildman–Crippen MR) is 49.3 cm³/mol. The van der Waals surface area contributed by atoms with Gasteiger partial charge in [-0.2, -0.15) is 0 Å². The highest BCUT2D eigenvalue weighted by atomic mass is 16.4. The van der Waals surface area contributed by atoms with Gasteiger partial charge in [0.1, 0.15) is 6.04 Å². The molecule has 0 aromatic heterocycles. The quantitative estimate of drug-likeness (QED) is 0.640. The fourth-order valence-electron chi connectivity index (χ4n) is 0.771. The van der Waals surface area contributed by atoms with Crippen molar-refractivity contribution in [3.8, 4) is 0 Å². The molecule has 0 saturated heterocycles. The van der Waals surface area contributed by atoms with Gasteiger partial charge in [-0.05, 0) is 20.3 Å². The normalized spacial score (nSPS) is 13.6. The summed E-state index contributed by atoms with van der Waals surface area (Å²) in [6.07, 6.45) is 2.52. The van der Waals surface area contributed by atoms with E-state index in [9.17, 15) is 9.59 Å². The van der Waals surface area contributed by atoms with Crippen LogP contribution in [-0.2, 0) is 9.59 Å². The molecule has 0 bridgehead atoms. The number of aliphatic carboxylic acids is 1. The van der Waals surface area contributed by atoms with Crippen molar-refractivity contribution in [2.24, 2.45) is 0 Å². The largest absolute Gasteiger partial charge is 0.480 e. The number of rotatable bonds is 4. The molecule has 0 aliphatic rings. The second kappa shape index (κ2) is 5.35. The zero-order chi connectivity index (χ0) is 10.4. The lowest BCUT2D eigenvalue weighted by molar-refractivity contribution is -0.140. The Balaban J connectivity index is 4.15. The third-order valence-electron chi connectivity index (χ3n) is 1.59. The zero-order valence-electron chi connectivity index (χ0n) is 8.13. The molecular weight excluding hydrogens is 170 g/mol. The molecule has 74 valence electrons. The first-order valence-corrected chi connectivity index (χ1v) is 4.19. The standard InChI is InChI=1S/C9H15NO3/c1-4-5-6(2)8(11)10-7(3)9(12)13/h5,7H,4H2,1-3H3,(H,10,11)(H,12,13)/t7-/m1/s1. The Kier molecular flexibility index (Phi) is 4.80. The Hall–Kier alpha value is -1.32. The highest BCUT2D eigenvalue weighted by molar-refractivity contribution is 5.95. The van der Waals surface area contributed by atoms with Crippen LogP contribution in [0.5, 0.6) is 0 Å². The second-order valence-corrected chi connectivity index (χ2v) is 2.83. The number of carboxylic acids is 1. The van der Waals surface area contributed by atoms with Crippen molar-refractivity contribution in [1.29, 1.82) is 0 Å². The summed E-state index contributed by atoms with van der Waals surface area (Å²) < 4.78 is 0. The molecule has 0 fully saturated rings. The highest BCUT2D eigenvalue weighted by Gasteiger charge is 2.14. The van der Waals surface area contributed by atoms with Crippen molar-refractivity contribution in [3.05, 3.63) is 11.6 Å². The molecule has 4 nitrogen and oxygen atoms in total. The van der Waals surface area contributed by atoms with E-state index in [4.69, 9.17) is 5.11 Å². The van der Waals surface area contributed by atoms with Crippen LogP contribution in [0.2, 0.25) is 0 Å². The number of carbonyl (C=O) groups excluding carboxylic acids is 1. The Labute approximate surface area is 77.6 Å². The van der Waals surface area contributed by atoms with E-state index in [2.05, 4.69) is 5.32 Å². The average Bonchev–Trinajstić information content (AvgIpc) is 2.04. The van der Waals surface area contributed by atoms with Gasteiger partial charge in [0.05, 0.1) is 0 Å². The molecule has 0 aliphatic carbocycles. The third-order valence-corrected chi connectivity index (χ3v) is 1.59. The molecule has 1 amide bonds. The Morgan fingerprint density at radius 3 is 2.46 bits per heavy atom. The van der Waals surface area contributed by atoms with Crippen LogP contribution < -0.4 is 5.32 Å². The first-order valence-electron chi connectivity index (χ1n) is 4.19. The predicted octanol–water partition coefficient (Wildman–Crippen LogP) is 0.932. The van der Waals surface area contributed by atoms with Crippen molar-refractivity contribution in [2.45, 2.75) is 33.2 Å². The third kappa shape index (κ3) is 4.30. The minimum Gasteiger partial charge on any atom is -0.480 e. The number of allylic oxidation sites excluding steroid dienone is 1. The maximum Gasteiger partial charge on any atom is 0.325 e. The van der Waals surface area contributed by atoms with E-state index < -0.39 is 12.0 Å². The van der Waals surface area contributed by atoms with E-state index in [1.165, 1.54) is 6.92 Å². The maximum absolute atomic E-state index is 11.2. The smallest absolute Gasteiger partial charge is 0.325 e. The van der Waals surface area contributed by atoms with Crippen molar-refractivity contribution in [2.75, 3.05) is 0 Å². The summed E-state index contributed by atoms with van der Waals surface area (Å²) in [4.78, 5) is 21.6. The lowest BCUT2D eigenvalue weighted by atomic mass is 10.2. The number of carbonyl (C=O) groups is 2. The van der Waals surface area contributed by atoms with Gasteiger partial charge >= 0.3 is 5.97 Å². The molecule has 4 heteroatoms. The number of amides is 1. The minimum absolute atomic E-state index is 0.322. The van der Waals surface area contributed by atoms with Gasteiger partial charge in [-0.3, -0.25) is 9.59 Å². The Morgan fingerprint density at radius 1 is 1.54 bits per heavy atom. The highest BCUT2D eigenvalue weighted by Crippen LogP contribution is 1.95. The summed E-state index contributed by atoms with van der Waals surface area (Å²) in [5.74, 6) is -1.35. The first kappa shape index (κ1) is 11.7. The molecule has 13 heavy (non-hydrogen) atoms. The van der Waals surface area contributed by atoms with Crippen LogP contribution in [0.25, 0.3) is 0 Å². The molecule has 0 rings (SSSR count).